The molecule has 1 amide bonds. The summed E-state index contributed by atoms with van der Waals surface area (Å²) >= 11 is 0. The molecule has 1 aromatic rings. The summed E-state index contributed by atoms with van der Waals surface area (Å²) in [5, 5.41) is 2.59. The fourth-order valence-electron chi connectivity index (χ4n) is 1.95. The number of hydrogen-bond acceptors (Lipinski definition) is 7. The zero-order valence-corrected chi connectivity index (χ0v) is 13.8. The Morgan fingerprint density at radius 1 is 1.08 bits per heavy atom. The average Bonchev–Trinajstić information content (AvgIpc) is 2.83. The van der Waals surface area contributed by atoms with Gasteiger partial charge in [0, 0.05) is 30.3 Å². The minimum absolute atomic E-state index is 0.205. The lowest BCUT2D eigenvalue weighted by Gasteiger charge is -2.10. The number of esters is 2. The molecule has 0 atom stereocenters. The number of carbonyl (C=O) groups excluding carboxylic acids is 3. The van der Waals surface area contributed by atoms with Crippen molar-refractivity contribution in [3.8, 4) is 11.5 Å². The first-order chi connectivity index (χ1) is 12.1. The molecule has 8 heteroatoms. The van der Waals surface area contributed by atoms with Crippen molar-refractivity contribution in [3.05, 3.63) is 30.4 Å². The third kappa shape index (κ3) is 6.17. The number of nitrogens with one attached hydrogen (secondary N) is 1. The highest BCUT2D eigenvalue weighted by Crippen LogP contribution is 2.32. The van der Waals surface area contributed by atoms with Gasteiger partial charge in [-0.25, -0.2) is 9.59 Å². The Balaban J connectivity index is 1.81. The fraction of sp³-hybridized carbons (Fsp3) is 0.353. The summed E-state index contributed by atoms with van der Waals surface area (Å²) in [5.74, 6) is -0.832. The second kappa shape index (κ2) is 9.31. The molecule has 0 saturated carbocycles. The molecule has 0 aliphatic carbocycles. The van der Waals surface area contributed by atoms with Gasteiger partial charge in [-0.05, 0) is 19.1 Å². The van der Waals surface area contributed by atoms with Gasteiger partial charge in [0.1, 0.15) is 0 Å². The van der Waals surface area contributed by atoms with Crippen LogP contribution in [-0.4, -0.2) is 44.3 Å². The van der Waals surface area contributed by atoms with Crippen molar-refractivity contribution in [1.82, 2.24) is 0 Å². The largest absolute Gasteiger partial charge is 0.490 e. The molecule has 0 saturated heterocycles. The molecule has 0 fully saturated rings. The Morgan fingerprint density at radius 3 is 2.48 bits per heavy atom. The number of anilines is 1. The van der Waals surface area contributed by atoms with Crippen LogP contribution in [0.25, 0.3) is 0 Å². The normalized spacial score (nSPS) is 13.0. The van der Waals surface area contributed by atoms with Crippen molar-refractivity contribution >= 4 is 23.5 Å². The molecule has 1 heterocycles. The van der Waals surface area contributed by atoms with Crippen LogP contribution in [0.2, 0.25) is 0 Å². The van der Waals surface area contributed by atoms with Crippen molar-refractivity contribution in [2.45, 2.75) is 13.3 Å². The lowest BCUT2D eigenvalue weighted by molar-refractivity contribution is -0.143. The van der Waals surface area contributed by atoms with E-state index >= 15 is 0 Å². The van der Waals surface area contributed by atoms with E-state index in [-0.39, 0.29) is 6.61 Å². The number of benzene rings is 1. The molecule has 0 spiro atoms. The first kappa shape index (κ1) is 18.3. The van der Waals surface area contributed by atoms with Gasteiger partial charge in [-0.15, -0.1) is 0 Å². The molecule has 134 valence electrons. The third-order valence-corrected chi connectivity index (χ3v) is 3.02. The summed E-state index contributed by atoms with van der Waals surface area (Å²) in [7, 11) is 0. The molecule has 8 nitrogen and oxygen atoms in total. The van der Waals surface area contributed by atoms with E-state index in [9.17, 15) is 14.4 Å². The van der Waals surface area contributed by atoms with E-state index in [2.05, 4.69) is 10.1 Å². The van der Waals surface area contributed by atoms with Crippen molar-refractivity contribution in [3.63, 3.8) is 0 Å². The minimum atomic E-state index is -0.818. The molecule has 1 aliphatic heterocycles. The molecule has 1 aromatic carbocycles. The van der Waals surface area contributed by atoms with Gasteiger partial charge in [-0.2, -0.15) is 0 Å². The number of ether oxygens (including phenoxy) is 4. The highest BCUT2D eigenvalue weighted by Gasteiger charge is 2.12. The Labute approximate surface area is 144 Å². The van der Waals surface area contributed by atoms with E-state index in [0.717, 1.165) is 18.6 Å². The number of hydrogen-bond donors (Lipinski definition) is 1. The van der Waals surface area contributed by atoms with E-state index in [1.165, 1.54) is 0 Å². The van der Waals surface area contributed by atoms with Crippen LogP contribution in [0.15, 0.2) is 30.4 Å². The molecule has 0 bridgehead atoms. The van der Waals surface area contributed by atoms with Crippen LogP contribution in [0.4, 0.5) is 5.69 Å². The molecule has 1 N–H and O–H groups in total. The number of carbonyl (C=O) groups is 3. The van der Waals surface area contributed by atoms with Crippen LogP contribution in [0, 0.1) is 0 Å². The van der Waals surface area contributed by atoms with Gasteiger partial charge in [0.15, 0.2) is 18.1 Å². The topological polar surface area (TPSA) is 100 Å². The van der Waals surface area contributed by atoms with Crippen molar-refractivity contribution < 1.29 is 33.3 Å². The maximum Gasteiger partial charge on any atom is 0.331 e. The van der Waals surface area contributed by atoms with Crippen LogP contribution >= 0.6 is 0 Å². The monoisotopic (exact) mass is 349 g/mol. The first-order valence-electron chi connectivity index (χ1n) is 7.79. The van der Waals surface area contributed by atoms with Crippen LogP contribution in [0.3, 0.4) is 0 Å². The molecule has 25 heavy (non-hydrogen) atoms. The van der Waals surface area contributed by atoms with Crippen LogP contribution < -0.4 is 14.8 Å². The zero-order chi connectivity index (χ0) is 18.1. The Bertz CT molecular complexity index is 669. The standard InChI is InChI=1S/C17H19NO7/c1-2-22-16(20)6-7-17(21)25-11-15(19)18-12-4-5-13-14(10-12)24-9-3-8-23-13/h4-7,10H,2-3,8-9,11H2,1H3,(H,18,19)/b7-6+. The van der Waals surface area contributed by atoms with E-state index in [1.807, 2.05) is 0 Å². The highest BCUT2D eigenvalue weighted by molar-refractivity contribution is 5.95. The third-order valence-electron chi connectivity index (χ3n) is 3.02. The average molecular weight is 349 g/mol. The van der Waals surface area contributed by atoms with E-state index in [0.29, 0.717) is 30.4 Å². The lowest BCUT2D eigenvalue weighted by Crippen LogP contribution is -2.20. The van der Waals surface area contributed by atoms with E-state index < -0.39 is 24.5 Å². The van der Waals surface area contributed by atoms with Crippen molar-refractivity contribution in [2.24, 2.45) is 0 Å². The van der Waals surface area contributed by atoms with Crippen LogP contribution in [0.5, 0.6) is 11.5 Å². The zero-order valence-electron chi connectivity index (χ0n) is 13.8. The Morgan fingerprint density at radius 2 is 1.76 bits per heavy atom. The van der Waals surface area contributed by atoms with Gasteiger partial charge in [-0.3, -0.25) is 4.79 Å². The summed E-state index contributed by atoms with van der Waals surface area (Å²) in [5.41, 5.74) is 0.493. The van der Waals surface area contributed by atoms with Crippen molar-refractivity contribution in [2.75, 3.05) is 31.7 Å². The van der Waals surface area contributed by atoms with Gasteiger partial charge in [0.2, 0.25) is 0 Å². The van der Waals surface area contributed by atoms with E-state index in [4.69, 9.17) is 14.2 Å². The molecule has 2 rings (SSSR count). The summed E-state index contributed by atoms with van der Waals surface area (Å²) in [6.07, 6.45) is 2.62. The predicted octanol–water partition coefficient (Wildman–Crippen LogP) is 1.45. The Kier molecular flexibility index (Phi) is 6.82. The summed E-state index contributed by atoms with van der Waals surface area (Å²) in [6, 6.07) is 5.00. The van der Waals surface area contributed by atoms with Crippen LogP contribution in [-0.2, 0) is 23.9 Å². The smallest absolute Gasteiger partial charge is 0.331 e. The Hall–Kier alpha value is -3.03. The number of fused-ring (bicyclic) bond motifs is 1. The second-order valence-corrected chi connectivity index (χ2v) is 4.95. The minimum Gasteiger partial charge on any atom is -0.490 e. The molecular weight excluding hydrogens is 330 g/mol. The quantitative estimate of drug-likeness (QED) is 0.613. The van der Waals surface area contributed by atoms with Gasteiger partial charge in [-0.1, -0.05) is 0 Å². The maximum atomic E-state index is 11.8. The van der Waals surface area contributed by atoms with Gasteiger partial charge in [0.25, 0.3) is 5.91 Å². The molecule has 0 aromatic heterocycles. The highest BCUT2D eigenvalue weighted by atomic mass is 16.5. The van der Waals surface area contributed by atoms with Crippen LogP contribution in [0.1, 0.15) is 13.3 Å². The lowest BCUT2D eigenvalue weighted by atomic mass is 10.2. The van der Waals surface area contributed by atoms with Gasteiger partial charge in [0.05, 0.1) is 19.8 Å². The number of amides is 1. The van der Waals surface area contributed by atoms with Crippen molar-refractivity contribution in [1.29, 1.82) is 0 Å². The SMILES string of the molecule is CCOC(=O)/C=C/C(=O)OCC(=O)Nc1ccc2c(c1)OCCCO2. The maximum absolute atomic E-state index is 11.8. The molecule has 0 unspecified atom stereocenters. The second-order valence-electron chi connectivity index (χ2n) is 4.95. The van der Waals surface area contributed by atoms with Gasteiger partial charge >= 0.3 is 11.9 Å². The number of rotatable bonds is 6. The first-order valence-corrected chi connectivity index (χ1v) is 7.79. The van der Waals surface area contributed by atoms with E-state index in [1.54, 1.807) is 25.1 Å². The molecule has 0 radical (unpaired) electrons. The molecule has 1 aliphatic rings. The molecular formula is C17H19NO7. The predicted molar refractivity (Wildman–Crippen MR) is 87.4 cm³/mol. The summed E-state index contributed by atoms with van der Waals surface area (Å²) in [6.45, 7) is 2.48. The van der Waals surface area contributed by atoms with Gasteiger partial charge < -0.3 is 24.3 Å². The fourth-order valence-corrected chi connectivity index (χ4v) is 1.95. The summed E-state index contributed by atoms with van der Waals surface area (Å²) in [4.78, 5) is 34.3. The summed E-state index contributed by atoms with van der Waals surface area (Å²) < 4.78 is 20.4.